The molecule has 0 aliphatic rings. The quantitative estimate of drug-likeness (QED) is 0.446. The molecule has 16 heavy (non-hydrogen) atoms. The molecule has 0 saturated carbocycles. The zero-order valence-electron chi connectivity index (χ0n) is 9.36. The highest BCUT2D eigenvalue weighted by atomic mass is 16.7. The molecule has 0 radical (unpaired) electrons. The maximum absolute atomic E-state index is 11.5. The van der Waals surface area contributed by atoms with Gasteiger partial charge in [0, 0.05) is 12.0 Å². The van der Waals surface area contributed by atoms with Crippen molar-refractivity contribution in [2.24, 2.45) is 0 Å². The predicted octanol–water partition coefficient (Wildman–Crippen LogP) is 2.81. The van der Waals surface area contributed by atoms with Crippen molar-refractivity contribution in [3.8, 4) is 5.75 Å². The van der Waals surface area contributed by atoms with Crippen LogP contribution in [0.25, 0.3) is 0 Å². The highest BCUT2D eigenvalue weighted by Crippen LogP contribution is 2.14. The number of benzene rings is 1. The van der Waals surface area contributed by atoms with E-state index < -0.39 is 6.16 Å². The lowest BCUT2D eigenvalue weighted by Gasteiger charge is -2.03. The molecule has 4 nitrogen and oxygen atoms in total. The van der Waals surface area contributed by atoms with Crippen LogP contribution in [0.4, 0.5) is 4.79 Å². The van der Waals surface area contributed by atoms with Crippen molar-refractivity contribution >= 4 is 11.9 Å². The lowest BCUT2D eigenvalue weighted by molar-refractivity contribution is 0.0981. The monoisotopic (exact) mass is 222 g/mol. The smallest absolute Gasteiger partial charge is 0.437 e. The van der Waals surface area contributed by atoms with Gasteiger partial charge in [-0.05, 0) is 30.7 Å². The number of hydrogen-bond acceptors (Lipinski definition) is 4. The maximum atomic E-state index is 11.5. The summed E-state index contributed by atoms with van der Waals surface area (Å²) in [6.07, 6.45) is 0.573. The fourth-order valence-electron chi connectivity index (χ4n) is 1.22. The van der Waals surface area contributed by atoms with E-state index in [0.29, 0.717) is 17.7 Å². The first kappa shape index (κ1) is 12.2. The predicted molar refractivity (Wildman–Crippen MR) is 58.7 cm³/mol. The molecule has 1 aromatic carbocycles. The number of ether oxygens (including phenoxy) is 2. The van der Waals surface area contributed by atoms with Gasteiger partial charge in [-0.2, -0.15) is 0 Å². The summed E-state index contributed by atoms with van der Waals surface area (Å²) in [6.45, 7) is 1.95. The third-order valence-corrected chi connectivity index (χ3v) is 2.02. The number of carbonyl (C=O) groups excluding carboxylic acids is 2. The molecule has 0 atom stereocenters. The van der Waals surface area contributed by atoms with E-state index in [2.05, 4.69) is 4.74 Å². The Kier molecular flexibility index (Phi) is 4.51. The Morgan fingerprint density at radius 2 is 1.81 bits per heavy atom. The minimum absolute atomic E-state index is 0.0899. The minimum Gasteiger partial charge on any atom is -0.437 e. The fraction of sp³-hybridized carbons (Fsp3) is 0.333. The van der Waals surface area contributed by atoms with Crippen LogP contribution in [0.1, 0.15) is 30.1 Å². The van der Waals surface area contributed by atoms with Gasteiger partial charge in [-0.15, -0.1) is 0 Å². The largest absolute Gasteiger partial charge is 0.513 e. The molecule has 1 rings (SSSR count). The van der Waals surface area contributed by atoms with Crippen LogP contribution in [-0.4, -0.2) is 19.0 Å². The Labute approximate surface area is 94.2 Å². The van der Waals surface area contributed by atoms with E-state index >= 15 is 0 Å². The Morgan fingerprint density at radius 3 is 2.31 bits per heavy atom. The van der Waals surface area contributed by atoms with Gasteiger partial charge in [0.15, 0.2) is 5.78 Å². The van der Waals surface area contributed by atoms with Gasteiger partial charge in [-0.25, -0.2) is 4.79 Å². The first-order valence-electron chi connectivity index (χ1n) is 5.06. The summed E-state index contributed by atoms with van der Waals surface area (Å²) in [5, 5.41) is 0. The molecule has 1 aromatic rings. The topological polar surface area (TPSA) is 52.6 Å². The number of methoxy groups -OCH3 is 1. The molecule has 0 heterocycles. The molecule has 0 spiro atoms. The summed E-state index contributed by atoms with van der Waals surface area (Å²) in [7, 11) is 1.24. The Bertz CT molecular complexity index is 367. The van der Waals surface area contributed by atoms with Crippen LogP contribution < -0.4 is 4.74 Å². The summed E-state index contributed by atoms with van der Waals surface area (Å²) >= 11 is 0. The van der Waals surface area contributed by atoms with Gasteiger partial charge >= 0.3 is 6.16 Å². The average molecular weight is 222 g/mol. The second kappa shape index (κ2) is 5.90. The normalized spacial score (nSPS) is 9.62. The fourth-order valence-corrected chi connectivity index (χ4v) is 1.22. The van der Waals surface area contributed by atoms with Gasteiger partial charge in [0.25, 0.3) is 0 Å². The van der Waals surface area contributed by atoms with E-state index in [0.717, 1.165) is 6.42 Å². The van der Waals surface area contributed by atoms with Crippen LogP contribution in [0.2, 0.25) is 0 Å². The second-order valence-corrected chi connectivity index (χ2v) is 3.25. The molecule has 0 aromatic heterocycles. The minimum atomic E-state index is -0.771. The first-order chi connectivity index (χ1) is 7.67. The highest BCUT2D eigenvalue weighted by Gasteiger charge is 2.06. The van der Waals surface area contributed by atoms with E-state index in [1.165, 1.54) is 7.11 Å². The van der Waals surface area contributed by atoms with Crippen molar-refractivity contribution in [2.45, 2.75) is 19.8 Å². The van der Waals surface area contributed by atoms with Crippen molar-refractivity contribution in [3.05, 3.63) is 29.8 Å². The van der Waals surface area contributed by atoms with Crippen molar-refractivity contribution < 1.29 is 19.1 Å². The van der Waals surface area contributed by atoms with Crippen LogP contribution in [0.3, 0.4) is 0 Å². The van der Waals surface area contributed by atoms with Gasteiger partial charge in [-0.3, -0.25) is 4.79 Å². The van der Waals surface area contributed by atoms with Gasteiger partial charge in [-0.1, -0.05) is 6.92 Å². The molecule has 0 unspecified atom stereocenters. The van der Waals surface area contributed by atoms with E-state index in [1.54, 1.807) is 24.3 Å². The number of rotatable bonds is 4. The highest BCUT2D eigenvalue weighted by molar-refractivity contribution is 5.96. The van der Waals surface area contributed by atoms with Gasteiger partial charge in [0.05, 0.1) is 7.11 Å². The molecule has 0 aliphatic carbocycles. The number of ketones is 1. The number of hydrogen-bond donors (Lipinski definition) is 0. The molecule has 86 valence electrons. The summed E-state index contributed by atoms with van der Waals surface area (Å²) in [5.41, 5.74) is 0.624. The molecule has 0 aliphatic heterocycles. The van der Waals surface area contributed by atoms with Crippen molar-refractivity contribution in [2.75, 3.05) is 7.11 Å². The molecular formula is C12H14O4. The Balaban J connectivity index is 2.67. The summed E-state index contributed by atoms with van der Waals surface area (Å²) < 4.78 is 9.13. The Hall–Kier alpha value is -1.84. The van der Waals surface area contributed by atoms with Crippen molar-refractivity contribution in [1.82, 2.24) is 0 Å². The van der Waals surface area contributed by atoms with Crippen LogP contribution in [-0.2, 0) is 4.74 Å². The third-order valence-electron chi connectivity index (χ3n) is 2.02. The first-order valence-corrected chi connectivity index (χ1v) is 5.06. The molecule has 0 saturated heterocycles. The van der Waals surface area contributed by atoms with Crippen LogP contribution in [0.5, 0.6) is 5.75 Å². The van der Waals surface area contributed by atoms with Crippen LogP contribution in [0, 0.1) is 0 Å². The van der Waals surface area contributed by atoms with Gasteiger partial charge in [0.2, 0.25) is 0 Å². The van der Waals surface area contributed by atoms with Crippen LogP contribution >= 0.6 is 0 Å². The molecule has 0 fully saturated rings. The van der Waals surface area contributed by atoms with Crippen LogP contribution in [0.15, 0.2) is 24.3 Å². The molecule has 4 heteroatoms. The molecule has 0 N–H and O–H groups in total. The van der Waals surface area contributed by atoms with Crippen molar-refractivity contribution in [1.29, 1.82) is 0 Å². The summed E-state index contributed by atoms with van der Waals surface area (Å²) in [5.74, 6) is 0.451. The molecule has 0 bridgehead atoms. The zero-order valence-corrected chi connectivity index (χ0v) is 9.36. The van der Waals surface area contributed by atoms with E-state index in [4.69, 9.17) is 4.74 Å². The van der Waals surface area contributed by atoms with E-state index in [-0.39, 0.29) is 5.78 Å². The lowest BCUT2D eigenvalue weighted by Crippen LogP contribution is -2.07. The molecular weight excluding hydrogens is 208 g/mol. The maximum Gasteiger partial charge on any atom is 0.513 e. The summed E-state index contributed by atoms with van der Waals surface area (Å²) in [4.78, 5) is 22.3. The molecule has 0 amide bonds. The second-order valence-electron chi connectivity index (χ2n) is 3.25. The number of Topliss-reactive ketones (excluding diaryl/α,β-unsaturated/α-hetero) is 1. The van der Waals surface area contributed by atoms with E-state index in [1.807, 2.05) is 6.92 Å². The summed E-state index contributed by atoms with van der Waals surface area (Å²) in [6, 6.07) is 6.41. The lowest BCUT2D eigenvalue weighted by atomic mass is 10.1. The van der Waals surface area contributed by atoms with E-state index in [9.17, 15) is 9.59 Å². The van der Waals surface area contributed by atoms with Gasteiger partial charge < -0.3 is 9.47 Å². The average Bonchev–Trinajstić information content (AvgIpc) is 2.30. The zero-order chi connectivity index (χ0) is 12.0. The standard InChI is InChI=1S/C12H14O4/c1-3-4-11(13)9-5-7-10(8-6-9)16-12(14)15-2/h5-8H,3-4H2,1-2H3. The SMILES string of the molecule is CCCC(=O)c1ccc(OC(=O)OC)cc1. The Morgan fingerprint density at radius 1 is 1.19 bits per heavy atom. The third kappa shape index (κ3) is 3.38. The number of carbonyl (C=O) groups is 2. The van der Waals surface area contributed by atoms with Gasteiger partial charge in [0.1, 0.15) is 5.75 Å². The van der Waals surface area contributed by atoms with Crippen molar-refractivity contribution in [3.63, 3.8) is 0 Å².